The monoisotopic (exact) mass is 516 g/mol. The molecule has 4 rings (SSSR count). The molecular weight excluding hydrogens is 491 g/mol. The molecule has 0 radical (unpaired) electrons. The van der Waals surface area contributed by atoms with Crippen LogP contribution in [0.4, 0.5) is 4.39 Å². The fraction of sp³-hybridized carbons (Fsp3) is 0.360. The minimum Gasteiger partial charge on any atom is -0.490 e. The Morgan fingerprint density at radius 1 is 1.25 bits per heavy atom. The standard InChI is InChI=1S/C25H25FN2O7S/c1-3-5-10-35-21-18(25(32)34-4-2)23(29)28-13-17(24(30)31)36(33)22-15(12-27-19(21)20(22)28)11-14-6-8-16(26)9-7-14/h6-9,12,17H,3-5,10-11,13H2,1-2H3,(H,30,31). The molecule has 3 heterocycles. The van der Waals surface area contributed by atoms with Crippen molar-refractivity contribution >= 4 is 33.8 Å². The number of rotatable bonds is 9. The largest absolute Gasteiger partial charge is 0.490 e. The van der Waals surface area contributed by atoms with Crippen molar-refractivity contribution in [3.8, 4) is 5.75 Å². The number of hydrogen-bond donors (Lipinski definition) is 1. The molecule has 0 saturated carbocycles. The summed E-state index contributed by atoms with van der Waals surface area (Å²) >= 11 is 0. The Morgan fingerprint density at radius 2 is 1.97 bits per heavy atom. The van der Waals surface area contributed by atoms with E-state index in [-0.39, 0.29) is 46.9 Å². The lowest BCUT2D eigenvalue weighted by atomic mass is 10.0. The SMILES string of the molecule is CCCCOc1c(C(=O)OCC)c(=O)n2c3c(c(Cc4ccc(F)cc4)cnc13)S(=O)C(C(=O)O)C2. The smallest absolute Gasteiger partial charge is 0.347 e. The minimum absolute atomic E-state index is 0.0156. The molecule has 190 valence electrons. The highest BCUT2D eigenvalue weighted by Gasteiger charge is 2.38. The van der Waals surface area contributed by atoms with E-state index in [0.29, 0.717) is 17.5 Å². The van der Waals surface area contributed by atoms with Crippen molar-refractivity contribution in [2.75, 3.05) is 13.2 Å². The van der Waals surface area contributed by atoms with Crippen molar-refractivity contribution < 1.29 is 32.8 Å². The molecule has 1 N–H and O–H groups in total. The highest BCUT2D eigenvalue weighted by atomic mass is 32.2. The number of unbranched alkanes of at least 4 members (excludes halogenated alkanes) is 1. The molecule has 0 fully saturated rings. The Labute approximate surface area is 208 Å². The Balaban J connectivity index is 2.02. The summed E-state index contributed by atoms with van der Waals surface area (Å²) < 4.78 is 39.0. The lowest BCUT2D eigenvalue weighted by molar-refractivity contribution is -0.136. The predicted molar refractivity (Wildman–Crippen MR) is 129 cm³/mol. The Morgan fingerprint density at radius 3 is 2.61 bits per heavy atom. The summed E-state index contributed by atoms with van der Waals surface area (Å²) in [4.78, 5) is 43.0. The van der Waals surface area contributed by atoms with E-state index in [4.69, 9.17) is 9.47 Å². The van der Waals surface area contributed by atoms with Crippen molar-refractivity contribution in [3.63, 3.8) is 0 Å². The van der Waals surface area contributed by atoms with Gasteiger partial charge in [0.15, 0.2) is 16.6 Å². The molecule has 0 bridgehead atoms. The number of esters is 1. The number of halogens is 1. The number of carbonyl (C=O) groups is 2. The zero-order valence-electron chi connectivity index (χ0n) is 19.8. The molecule has 1 aromatic carbocycles. The highest BCUT2D eigenvalue weighted by Crippen LogP contribution is 2.36. The van der Waals surface area contributed by atoms with Crippen LogP contribution in [0.5, 0.6) is 5.75 Å². The maximum absolute atomic E-state index is 13.6. The maximum Gasteiger partial charge on any atom is 0.347 e. The summed E-state index contributed by atoms with van der Waals surface area (Å²) in [5, 5.41) is 8.35. The van der Waals surface area contributed by atoms with Crippen LogP contribution in [0.1, 0.15) is 48.2 Å². The number of carbonyl (C=O) groups excluding carboxylic acids is 1. The van der Waals surface area contributed by atoms with Crippen LogP contribution < -0.4 is 10.3 Å². The zero-order valence-corrected chi connectivity index (χ0v) is 20.6. The van der Waals surface area contributed by atoms with E-state index in [2.05, 4.69) is 4.98 Å². The third-order valence-electron chi connectivity index (χ3n) is 5.87. The first-order chi connectivity index (χ1) is 17.3. The summed E-state index contributed by atoms with van der Waals surface area (Å²) in [6.07, 6.45) is 3.06. The molecule has 2 atom stereocenters. The predicted octanol–water partition coefficient (Wildman–Crippen LogP) is 3.06. The first-order valence-electron chi connectivity index (χ1n) is 11.5. The highest BCUT2D eigenvalue weighted by molar-refractivity contribution is 7.86. The summed E-state index contributed by atoms with van der Waals surface area (Å²) in [7, 11) is -2.04. The van der Waals surface area contributed by atoms with Gasteiger partial charge in [-0.3, -0.25) is 18.8 Å². The van der Waals surface area contributed by atoms with Gasteiger partial charge in [-0.15, -0.1) is 0 Å². The van der Waals surface area contributed by atoms with E-state index in [0.717, 1.165) is 11.0 Å². The van der Waals surface area contributed by atoms with Crippen LogP contribution in [0.15, 0.2) is 40.2 Å². The van der Waals surface area contributed by atoms with E-state index < -0.39 is 45.9 Å². The molecule has 0 amide bonds. The number of aliphatic carboxylic acids is 1. The summed E-state index contributed by atoms with van der Waals surface area (Å²) in [6, 6.07) is 5.69. The van der Waals surface area contributed by atoms with Gasteiger partial charge in [0.2, 0.25) is 0 Å². The van der Waals surface area contributed by atoms with Gasteiger partial charge in [-0.05, 0) is 36.6 Å². The van der Waals surface area contributed by atoms with Gasteiger partial charge in [-0.25, -0.2) is 9.18 Å². The maximum atomic E-state index is 13.6. The van der Waals surface area contributed by atoms with Gasteiger partial charge in [0.05, 0.1) is 41.0 Å². The van der Waals surface area contributed by atoms with Crippen LogP contribution >= 0.6 is 0 Å². The molecule has 1 aliphatic rings. The Hall–Kier alpha value is -3.60. The number of carboxylic acid groups (broad SMARTS) is 1. The number of aromatic nitrogens is 2. The second-order valence-corrected chi connectivity index (χ2v) is 9.85. The third-order valence-corrected chi connectivity index (χ3v) is 7.59. The number of nitrogens with zero attached hydrogens (tertiary/aromatic N) is 2. The first kappa shape index (κ1) is 25.5. The second kappa shape index (κ2) is 10.6. The van der Waals surface area contributed by atoms with Gasteiger partial charge in [0.1, 0.15) is 11.3 Å². The third kappa shape index (κ3) is 4.62. The number of ether oxygens (including phenoxy) is 2. The second-order valence-electron chi connectivity index (χ2n) is 8.28. The fourth-order valence-corrected chi connectivity index (χ4v) is 5.66. The molecule has 3 aromatic rings. The molecule has 1 aliphatic heterocycles. The molecule has 2 unspecified atom stereocenters. The first-order valence-corrected chi connectivity index (χ1v) is 12.8. The number of pyridine rings is 2. The van der Waals surface area contributed by atoms with Gasteiger partial charge in [0, 0.05) is 12.6 Å². The van der Waals surface area contributed by atoms with Gasteiger partial charge < -0.3 is 19.1 Å². The van der Waals surface area contributed by atoms with Crippen LogP contribution in [0.2, 0.25) is 0 Å². The molecule has 0 aliphatic carbocycles. The molecule has 36 heavy (non-hydrogen) atoms. The van der Waals surface area contributed by atoms with Crippen molar-refractivity contribution in [2.24, 2.45) is 0 Å². The summed E-state index contributed by atoms with van der Waals surface area (Å²) in [5.74, 6) is -2.74. The van der Waals surface area contributed by atoms with Gasteiger partial charge in [-0.2, -0.15) is 0 Å². The quantitative estimate of drug-likeness (QED) is 0.340. The lowest BCUT2D eigenvalue weighted by Gasteiger charge is -2.27. The van der Waals surface area contributed by atoms with E-state index >= 15 is 0 Å². The van der Waals surface area contributed by atoms with Crippen molar-refractivity contribution in [2.45, 2.75) is 49.8 Å². The molecule has 11 heteroatoms. The van der Waals surface area contributed by atoms with Crippen molar-refractivity contribution in [3.05, 3.63) is 63.3 Å². The number of hydrogen-bond acceptors (Lipinski definition) is 7. The average molecular weight is 517 g/mol. The number of carboxylic acids is 1. The summed E-state index contributed by atoms with van der Waals surface area (Å²) in [5.41, 5.74) is 0.229. The lowest BCUT2D eigenvalue weighted by Crippen LogP contribution is -2.41. The molecule has 9 nitrogen and oxygen atoms in total. The minimum atomic E-state index is -2.04. The molecule has 0 spiro atoms. The van der Waals surface area contributed by atoms with Gasteiger partial charge in [-0.1, -0.05) is 25.5 Å². The molecular formula is C25H25FN2O7S. The topological polar surface area (TPSA) is 125 Å². The Bertz CT molecular complexity index is 1420. The fourth-order valence-electron chi connectivity index (χ4n) is 4.13. The Kier molecular flexibility index (Phi) is 7.48. The number of benzene rings is 1. The molecule has 0 saturated heterocycles. The van der Waals surface area contributed by atoms with Gasteiger partial charge >= 0.3 is 11.9 Å². The van der Waals surface area contributed by atoms with E-state index in [1.54, 1.807) is 19.1 Å². The van der Waals surface area contributed by atoms with E-state index in [1.165, 1.54) is 18.3 Å². The van der Waals surface area contributed by atoms with Gasteiger partial charge in [0.25, 0.3) is 5.56 Å². The van der Waals surface area contributed by atoms with E-state index in [9.17, 15) is 28.1 Å². The molecule has 2 aromatic heterocycles. The van der Waals surface area contributed by atoms with Crippen LogP contribution in [0.3, 0.4) is 0 Å². The summed E-state index contributed by atoms with van der Waals surface area (Å²) in [6.45, 7) is 3.36. The van der Waals surface area contributed by atoms with Crippen LogP contribution in [-0.2, 0) is 33.3 Å². The van der Waals surface area contributed by atoms with Crippen LogP contribution in [0, 0.1) is 5.82 Å². The van der Waals surface area contributed by atoms with Crippen LogP contribution in [-0.4, -0.2) is 49.3 Å². The normalized spacial score (nSPS) is 16.6. The van der Waals surface area contributed by atoms with Crippen molar-refractivity contribution in [1.82, 2.24) is 9.55 Å². The van der Waals surface area contributed by atoms with Crippen LogP contribution in [0.25, 0.3) is 11.0 Å². The average Bonchev–Trinajstić information content (AvgIpc) is 2.84. The van der Waals surface area contributed by atoms with E-state index in [1.807, 2.05) is 6.92 Å². The van der Waals surface area contributed by atoms with Crippen molar-refractivity contribution in [1.29, 1.82) is 0 Å². The zero-order chi connectivity index (χ0) is 26.0.